The first-order valence-corrected chi connectivity index (χ1v) is 9.10. The van der Waals surface area contributed by atoms with Crippen LogP contribution in [0.25, 0.3) is 0 Å². The maximum Gasteiger partial charge on any atom is 0.0758 e. The molecule has 0 aromatic heterocycles. The molecule has 3 N–H and O–H groups in total. The summed E-state index contributed by atoms with van der Waals surface area (Å²) in [5.41, 5.74) is 1.60. The van der Waals surface area contributed by atoms with Gasteiger partial charge in [0.1, 0.15) is 0 Å². The van der Waals surface area contributed by atoms with Crippen molar-refractivity contribution < 1.29 is 15.3 Å². The minimum Gasteiger partial charge on any atom is -0.393 e. The summed E-state index contributed by atoms with van der Waals surface area (Å²) >= 11 is 0. The molecule has 0 aliphatic heterocycles. The van der Waals surface area contributed by atoms with Crippen molar-refractivity contribution in [2.75, 3.05) is 0 Å². The number of hydrogen-bond acceptors (Lipinski definition) is 3. The van der Waals surface area contributed by atoms with Crippen molar-refractivity contribution in [2.45, 2.75) is 77.1 Å². The lowest BCUT2D eigenvalue weighted by atomic mass is 9.47. The molecule has 3 fully saturated rings. The topological polar surface area (TPSA) is 60.7 Å². The Labute approximate surface area is 133 Å². The van der Waals surface area contributed by atoms with Crippen LogP contribution in [0.2, 0.25) is 0 Å². The fourth-order valence-electron chi connectivity index (χ4n) is 6.64. The van der Waals surface area contributed by atoms with Gasteiger partial charge in [0.15, 0.2) is 0 Å². The molecule has 3 heteroatoms. The van der Waals surface area contributed by atoms with Gasteiger partial charge in [0.2, 0.25) is 0 Å². The lowest BCUT2D eigenvalue weighted by Gasteiger charge is -2.58. The number of aliphatic hydroxyl groups is 3. The molecule has 0 aromatic carbocycles. The van der Waals surface area contributed by atoms with Crippen molar-refractivity contribution in [2.24, 2.45) is 28.6 Å². The molecule has 0 amide bonds. The van der Waals surface area contributed by atoms with E-state index in [9.17, 15) is 15.3 Å². The molecule has 0 saturated heterocycles. The minimum absolute atomic E-state index is 0.118. The zero-order chi connectivity index (χ0) is 15.7. The molecule has 3 saturated carbocycles. The summed E-state index contributed by atoms with van der Waals surface area (Å²) in [6, 6.07) is 0. The van der Waals surface area contributed by atoms with Crippen LogP contribution in [0, 0.1) is 28.6 Å². The summed E-state index contributed by atoms with van der Waals surface area (Å²) < 4.78 is 0. The number of fused-ring (bicyclic) bond motifs is 5. The van der Waals surface area contributed by atoms with E-state index in [-0.39, 0.29) is 34.9 Å². The monoisotopic (exact) mass is 306 g/mol. The molecule has 124 valence electrons. The number of aliphatic hydroxyl groups excluding tert-OH is 3. The number of hydrogen-bond donors (Lipinski definition) is 3. The molecular weight excluding hydrogens is 276 g/mol. The first-order chi connectivity index (χ1) is 10.3. The molecule has 0 aromatic rings. The van der Waals surface area contributed by atoms with Crippen LogP contribution >= 0.6 is 0 Å². The zero-order valence-electron chi connectivity index (χ0n) is 13.8. The smallest absolute Gasteiger partial charge is 0.0758 e. The summed E-state index contributed by atoms with van der Waals surface area (Å²) in [5.74, 6) is 0.892. The van der Waals surface area contributed by atoms with E-state index < -0.39 is 6.10 Å². The van der Waals surface area contributed by atoms with E-state index in [0.717, 1.165) is 38.5 Å². The van der Waals surface area contributed by atoms with Crippen molar-refractivity contribution in [3.8, 4) is 0 Å². The average Bonchev–Trinajstić information content (AvgIpc) is 2.77. The second kappa shape index (κ2) is 4.81. The first kappa shape index (κ1) is 15.2. The second-order valence-corrected chi connectivity index (χ2v) is 9.00. The van der Waals surface area contributed by atoms with E-state index in [1.54, 1.807) is 0 Å². The molecule has 0 bridgehead atoms. The standard InChI is InChI=1S/C19H30O3/c1-18-6-4-13-16(17(18)14(21)5-7-18)15(22)10-11-9-12(20)3-8-19(11,13)2/h10,12-17,20-22H,3-9H2,1-2H3/t12-,13-,14-,15+,16-,17-,18+,19-/m0/s1. The molecule has 0 unspecified atom stereocenters. The Kier molecular flexibility index (Phi) is 3.32. The second-order valence-electron chi connectivity index (χ2n) is 9.00. The molecule has 0 heterocycles. The van der Waals surface area contributed by atoms with Crippen molar-refractivity contribution in [3.63, 3.8) is 0 Å². The fourth-order valence-corrected chi connectivity index (χ4v) is 6.64. The highest BCUT2D eigenvalue weighted by molar-refractivity contribution is 5.28. The maximum absolute atomic E-state index is 10.9. The van der Waals surface area contributed by atoms with Crippen LogP contribution in [0.3, 0.4) is 0 Å². The third-order valence-electron chi connectivity index (χ3n) is 7.91. The zero-order valence-corrected chi connectivity index (χ0v) is 13.8. The van der Waals surface area contributed by atoms with Gasteiger partial charge in [-0.3, -0.25) is 0 Å². The maximum atomic E-state index is 10.9. The van der Waals surface area contributed by atoms with Gasteiger partial charge in [-0.15, -0.1) is 0 Å². The average molecular weight is 306 g/mol. The van der Waals surface area contributed by atoms with Crippen molar-refractivity contribution in [1.29, 1.82) is 0 Å². The Morgan fingerprint density at radius 3 is 2.50 bits per heavy atom. The SMILES string of the molecule is C[C@@]12CC[C@H](O)[C@H]1[C@@H]1[C@H](O)C=C3C[C@@H](O)CC[C@]3(C)[C@H]1CC2. The quantitative estimate of drug-likeness (QED) is 0.603. The number of rotatable bonds is 0. The van der Waals surface area contributed by atoms with Crippen molar-refractivity contribution in [3.05, 3.63) is 11.6 Å². The molecule has 4 aliphatic carbocycles. The fraction of sp³-hybridized carbons (Fsp3) is 0.895. The van der Waals surface area contributed by atoms with Crippen LogP contribution < -0.4 is 0 Å². The lowest BCUT2D eigenvalue weighted by Crippen LogP contribution is -2.55. The normalized spacial score (nSPS) is 57.6. The highest BCUT2D eigenvalue weighted by Gasteiger charge is 2.60. The van der Waals surface area contributed by atoms with E-state index in [0.29, 0.717) is 5.92 Å². The minimum atomic E-state index is -0.448. The molecular formula is C19H30O3. The van der Waals surface area contributed by atoms with Crippen LogP contribution in [0.4, 0.5) is 0 Å². The molecule has 4 rings (SSSR count). The van der Waals surface area contributed by atoms with Crippen molar-refractivity contribution in [1.82, 2.24) is 0 Å². The highest BCUT2D eigenvalue weighted by Crippen LogP contribution is 2.64. The Balaban J connectivity index is 1.75. The third kappa shape index (κ3) is 1.91. The van der Waals surface area contributed by atoms with Crippen LogP contribution in [0.5, 0.6) is 0 Å². The van der Waals surface area contributed by atoms with Gasteiger partial charge < -0.3 is 15.3 Å². The van der Waals surface area contributed by atoms with Crippen LogP contribution in [0.1, 0.15) is 58.8 Å². The molecule has 4 aliphatic rings. The predicted octanol–water partition coefficient (Wildman–Crippen LogP) is 2.64. The molecule has 8 atom stereocenters. The van der Waals surface area contributed by atoms with Gasteiger partial charge in [-0.05, 0) is 73.5 Å². The lowest BCUT2D eigenvalue weighted by molar-refractivity contribution is -0.108. The summed E-state index contributed by atoms with van der Waals surface area (Å²) in [7, 11) is 0. The molecule has 3 nitrogen and oxygen atoms in total. The van der Waals surface area contributed by atoms with Gasteiger partial charge in [-0.25, -0.2) is 0 Å². The van der Waals surface area contributed by atoms with Crippen LogP contribution in [-0.4, -0.2) is 33.6 Å². The summed E-state index contributed by atoms with van der Waals surface area (Å²) in [5, 5.41) is 31.5. The van der Waals surface area contributed by atoms with Gasteiger partial charge >= 0.3 is 0 Å². The van der Waals surface area contributed by atoms with Gasteiger partial charge in [-0.1, -0.05) is 25.5 Å². The Morgan fingerprint density at radius 1 is 1.00 bits per heavy atom. The summed E-state index contributed by atoms with van der Waals surface area (Å²) in [6.45, 7) is 4.67. The summed E-state index contributed by atoms with van der Waals surface area (Å²) in [6.07, 6.45) is 8.04. The Bertz CT molecular complexity index is 501. The van der Waals surface area contributed by atoms with Gasteiger partial charge in [0.25, 0.3) is 0 Å². The van der Waals surface area contributed by atoms with Crippen LogP contribution in [0.15, 0.2) is 11.6 Å². The van der Waals surface area contributed by atoms with Gasteiger partial charge in [0, 0.05) is 0 Å². The van der Waals surface area contributed by atoms with Gasteiger partial charge in [0.05, 0.1) is 18.3 Å². The van der Waals surface area contributed by atoms with E-state index in [4.69, 9.17) is 0 Å². The van der Waals surface area contributed by atoms with E-state index >= 15 is 0 Å². The van der Waals surface area contributed by atoms with Gasteiger partial charge in [-0.2, -0.15) is 0 Å². The third-order valence-corrected chi connectivity index (χ3v) is 7.91. The molecule has 22 heavy (non-hydrogen) atoms. The predicted molar refractivity (Wildman–Crippen MR) is 85.1 cm³/mol. The molecule has 0 radical (unpaired) electrons. The Hall–Kier alpha value is -0.380. The van der Waals surface area contributed by atoms with E-state index in [1.165, 1.54) is 12.0 Å². The molecule has 0 spiro atoms. The van der Waals surface area contributed by atoms with Crippen LogP contribution in [-0.2, 0) is 0 Å². The Morgan fingerprint density at radius 2 is 1.73 bits per heavy atom. The van der Waals surface area contributed by atoms with E-state index in [2.05, 4.69) is 13.8 Å². The summed E-state index contributed by atoms with van der Waals surface area (Å²) in [4.78, 5) is 0. The highest BCUT2D eigenvalue weighted by atomic mass is 16.3. The van der Waals surface area contributed by atoms with Crippen molar-refractivity contribution >= 4 is 0 Å². The first-order valence-electron chi connectivity index (χ1n) is 9.10. The largest absolute Gasteiger partial charge is 0.393 e. The van der Waals surface area contributed by atoms with E-state index in [1.807, 2.05) is 6.08 Å².